The van der Waals surface area contributed by atoms with Crippen LogP contribution in [-0.2, 0) is 6.54 Å². The highest BCUT2D eigenvalue weighted by Crippen LogP contribution is 2.08. The lowest BCUT2D eigenvalue weighted by Gasteiger charge is -2.11. The summed E-state index contributed by atoms with van der Waals surface area (Å²) in [5.74, 6) is 3.03. The molecule has 0 saturated carbocycles. The summed E-state index contributed by atoms with van der Waals surface area (Å²) < 4.78 is 5.51. The highest BCUT2D eigenvalue weighted by atomic mass is 16.4. The van der Waals surface area contributed by atoms with Crippen LogP contribution in [0.25, 0.3) is 0 Å². The second kappa shape index (κ2) is 7.81. The smallest absolute Gasteiger partial charge is 0.216 e. The van der Waals surface area contributed by atoms with E-state index in [1.165, 1.54) is 0 Å². The molecule has 0 amide bonds. The fourth-order valence-electron chi connectivity index (χ4n) is 1.57. The van der Waals surface area contributed by atoms with Crippen LogP contribution in [0.4, 0.5) is 0 Å². The zero-order chi connectivity index (χ0) is 14.3. The molecule has 5 heteroatoms. The number of rotatable bonds is 6. The van der Waals surface area contributed by atoms with Crippen LogP contribution in [0.2, 0.25) is 0 Å². The molecule has 108 valence electrons. The molecular formula is C14H26N4O. The van der Waals surface area contributed by atoms with Crippen LogP contribution < -0.4 is 10.6 Å². The molecule has 0 saturated heterocycles. The van der Waals surface area contributed by atoms with Crippen LogP contribution >= 0.6 is 0 Å². The predicted octanol–water partition coefficient (Wildman–Crippen LogP) is 2.39. The van der Waals surface area contributed by atoms with Gasteiger partial charge in [0, 0.05) is 13.1 Å². The van der Waals surface area contributed by atoms with Gasteiger partial charge >= 0.3 is 0 Å². The van der Waals surface area contributed by atoms with Crippen LogP contribution in [0, 0.1) is 19.8 Å². The highest BCUT2D eigenvalue weighted by molar-refractivity contribution is 5.79. The highest BCUT2D eigenvalue weighted by Gasteiger charge is 2.05. The Labute approximate surface area is 115 Å². The van der Waals surface area contributed by atoms with Gasteiger partial charge in [0.25, 0.3) is 0 Å². The number of hydrogen-bond donors (Lipinski definition) is 2. The molecule has 1 rings (SSSR count). The Morgan fingerprint density at radius 1 is 1.32 bits per heavy atom. The SMILES string of the molecule is CCNC(=NCc1nc(C)c(C)o1)NCCC(C)C. The zero-order valence-electron chi connectivity index (χ0n) is 12.7. The molecule has 0 spiro atoms. The summed E-state index contributed by atoms with van der Waals surface area (Å²) >= 11 is 0. The molecule has 5 nitrogen and oxygen atoms in total. The van der Waals surface area contributed by atoms with Gasteiger partial charge in [-0.25, -0.2) is 9.98 Å². The summed E-state index contributed by atoms with van der Waals surface area (Å²) in [6.07, 6.45) is 1.13. The molecule has 0 aromatic carbocycles. The Morgan fingerprint density at radius 2 is 2.05 bits per heavy atom. The maximum atomic E-state index is 5.51. The predicted molar refractivity (Wildman–Crippen MR) is 78.3 cm³/mol. The normalized spacial score (nSPS) is 12.0. The molecule has 1 heterocycles. The van der Waals surface area contributed by atoms with E-state index in [2.05, 4.69) is 41.4 Å². The van der Waals surface area contributed by atoms with E-state index in [-0.39, 0.29) is 0 Å². The van der Waals surface area contributed by atoms with E-state index in [1.807, 2.05) is 13.8 Å². The van der Waals surface area contributed by atoms with Gasteiger partial charge < -0.3 is 15.1 Å². The number of guanidine groups is 1. The molecule has 0 radical (unpaired) electrons. The molecule has 1 aromatic heterocycles. The van der Waals surface area contributed by atoms with Gasteiger partial charge in [0.1, 0.15) is 12.3 Å². The third-order valence-electron chi connectivity index (χ3n) is 2.80. The lowest BCUT2D eigenvalue weighted by atomic mass is 10.1. The van der Waals surface area contributed by atoms with Gasteiger partial charge in [-0.15, -0.1) is 0 Å². The summed E-state index contributed by atoms with van der Waals surface area (Å²) in [4.78, 5) is 8.79. The van der Waals surface area contributed by atoms with E-state index in [1.54, 1.807) is 0 Å². The molecular weight excluding hydrogens is 240 g/mol. The summed E-state index contributed by atoms with van der Waals surface area (Å²) in [5, 5.41) is 6.53. The van der Waals surface area contributed by atoms with Gasteiger partial charge in [0.15, 0.2) is 5.96 Å². The van der Waals surface area contributed by atoms with Crippen LogP contribution in [0.1, 0.15) is 44.5 Å². The van der Waals surface area contributed by atoms with Crippen molar-refractivity contribution < 1.29 is 4.42 Å². The molecule has 0 atom stereocenters. The molecule has 0 aliphatic heterocycles. The van der Waals surface area contributed by atoms with E-state index in [4.69, 9.17) is 4.42 Å². The zero-order valence-corrected chi connectivity index (χ0v) is 12.7. The summed E-state index contributed by atoms with van der Waals surface area (Å²) in [6, 6.07) is 0. The molecule has 0 aliphatic carbocycles. The Kier molecular flexibility index (Phi) is 6.39. The van der Waals surface area contributed by atoms with Crippen molar-refractivity contribution in [3.8, 4) is 0 Å². The van der Waals surface area contributed by atoms with E-state index >= 15 is 0 Å². The standard InChI is InChI=1S/C14H26N4O/c1-6-15-14(16-8-7-10(2)3)17-9-13-18-11(4)12(5)19-13/h10H,6-9H2,1-5H3,(H2,15,16,17). The first-order valence-corrected chi connectivity index (χ1v) is 6.98. The minimum atomic E-state index is 0.464. The van der Waals surface area contributed by atoms with Crippen molar-refractivity contribution in [2.45, 2.75) is 47.6 Å². The van der Waals surface area contributed by atoms with Gasteiger partial charge in [-0.1, -0.05) is 13.8 Å². The van der Waals surface area contributed by atoms with Gasteiger partial charge in [-0.05, 0) is 33.1 Å². The minimum Gasteiger partial charge on any atom is -0.444 e. The lowest BCUT2D eigenvalue weighted by molar-refractivity contribution is 0.472. The summed E-state index contributed by atoms with van der Waals surface area (Å²) in [5.41, 5.74) is 0.933. The fourth-order valence-corrected chi connectivity index (χ4v) is 1.57. The van der Waals surface area contributed by atoms with E-state index in [0.29, 0.717) is 18.4 Å². The van der Waals surface area contributed by atoms with Crippen LogP contribution in [0.5, 0.6) is 0 Å². The first-order valence-electron chi connectivity index (χ1n) is 6.98. The quantitative estimate of drug-likeness (QED) is 0.613. The van der Waals surface area contributed by atoms with E-state index < -0.39 is 0 Å². The third kappa shape index (κ3) is 5.77. The maximum absolute atomic E-state index is 5.51. The number of aromatic nitrogens is 1. The maximum Gasteiger partial charge on any atom is 0.216 e. The number of nitrogens with one attached hydrogen (secondary N) is 2. The minimum absolute atomic E-state index is 0.464. The van der Waals surface area contributed by atoms with Gasteiger partial charge in [0.05, 0.1) is 5.69 Å². The molecule has 0 fully saturated rings. The van der Waals surface area contributed by atoms with Crippen LogP contribution in [-0.4, -0.2) is 24.0 Å². The topological polar surface area (TPSA) is 62.5 Å². The second-order valence-electron chi connectivity index (χ2n) is 5.05. The Bertz CT molecular complexity index is 390. The van der Waals surface area contributed by atoms with Crippen molar-refractivity contribution in [2.75, 3.05) is 13.1 Å². The van der Waals surface area contributed by atoms with E-state index in [0.717, 1.165) is 36.9 Å². The van der Waals surface area contributed by atoms with E-state index in [9.17, 15) is 0 Å². The van der Waals surface area contributed by atoms with Gasteiger partial charge in [-0.3, -0.25) is 0 Å². The molecule has 0 aliphatic rings. The number of aliphatic imine (C=N–C) groups is 1. The molecule has 0 unspecified atom stereocenters. The Morgan fingerprint density at radius 3 is 2.58 bits per heavy atom. The molecule has 2 N–H and O–H groups in total. The number of aryl methyl sites for hydroxylation is 2. The van der Waals surface area contributed by atoms with Crippen molar-refractivity contribution in [1.82, 2.24) is 15.6 Å². The first kappa shape index (κ1) is 15.5. The van der Waals surface area contributed by atoms with Crippen LogP contribution in [0.3, 0.4) is 0 Å². The average Bonchev–Trinajstić information content (AvgIpc) is 2.65. The first-order chi connectivity index (χ1) is 9.02. The third-order valence-corrected chi connectivity index (χ3v) is 2.80. The van der Waals surface area contributed by atoms with Crippen molar-refractivity contribution in [3.63, 3.8) is 0 Å². The largest absolute Gasteiger partial charge is 0.444 e. The second-order valence-corrected chi connectivity index (χ2v) is 5.05. The monoisotopic (exact) mass is 266 g/mol. The van der Waals surface area contributed by atoms with Crippen molar-refractivity contribution >= 4 is 5.96 Å². The number of hydrogen-bond acceptors (Lipinski definition) is 3. The number of oxazole rings is 1. The molecule has 0 bridgehead atoms. The van der Waals surface area contributed by atoms with Crippen molar-refractivity contribution in [3.05, 3.63) is 17.3 Å². The van der Waals surface area contributed by atoms with Gasteiger partial charge in [0.2, 0.25) is 5.89 Å². The summed E-state index contributed by atoms with van der Waals surface area (Å²) in [7, 11) is 0. The molecule has 19 heavy (non-hydrogen) atoms. The van der Waals surface area contributed by atoms with Crippen molar-refractivity contribution in [1.29, 1.82) is 0 Å². The summed E-state index contributed by atoms with van der Waals surface area (Å²) in [6.45, 7) is 12.6. The number of nitrogens with zero attached hydrogens (tertiary/aromatic N) is 2. The fraction of sp³-hybridized carbons (Fsp3) is 0.714. The average molecular weight is 266 g/mol. The Hall–Kier alpha value is -1.52. The van der Waals surface area contributed by atoms with Crippen LogP contribution in [0.15, 0.2) is 9.41 Å². The molecule has 1 aromatic rings. The lowest BCUT2D eigenvalue weighted by Crippen LogP contribution is -2.38. The van der Waals surface area contributed by atoms with Crippen molar-refractivity contribution in [2.24, 2.45) is 10.9 Å². The van der Waals surface area contributed by atoms with Gasteiger partial charge in [-0.2, -0.15) is 0 Å². The Balaban J connectivity index is 2.52.